The van der Waals surface area contributed by atoms with Gasteiger partial charge in [-0.2, -0.15) is 0 Å². The van der Waals surface area contributed by atoms with Gasteiger partial charge in [0, 0.05) is 15.1 Å². The van der Waals surface area contributed by atoms with Gasteiger partial charge < -0.3 is 5.32 Å². The average molecular weight is 384 g/mol. The highest BCUT2D eigenvalue weighted by atomic mass is 79.9. The first kappa shape index (κ1) is 14.2. The van der Waals surface area contributed by atoms with Gasteiger partial charge in [0.15, 0.2) is 0 Å². The molecule has 5 heteroatoms. The quantitative estimate of drug-likeness (QED) is 0.866. The van der Waals surface area contributed by atoms with Gasteiger partial charge in [0.05, 0.1) is 6.04 Å². The van der Waals surface area contributed by atoms with Crippen LogP contribution in [0.1, 0.15) is 29.0 Å². The molecule has 1 atom stereocenters. The summed E-state index contributed by atoms with van der Waals surface area (Å²) < 4.78 is 1.68. The SMILES string of the molecule is CC(NC(=O)c1ncccc1Br)c1cccc(Br)c1. The Morgan fingerprint density at radius 3 is 2.74 bits per heavy atom. The van der Waals surface area contributed by atoms with E-state index in [0.29, 0.717) is 10.2 Å². The number of carbonyl (C=O) groups is 1. The number of amides is 1. The molecule has 0 saturated carbocycles. The van der Waals surface area contributed by atoms with Crippen molar-refractivity contribution in [3.8, 4) is 0 Å². The summed E-state index contributed by atoms with van der Waals surface area (Å²) in [6.07, 6.45) is 1.60. The molecule has 1 aromatic heterocycles. The lowest BCUT2D eigenvalue weighted by molar-refractivity contribution is 0.0934. The molecule has 1 unspecified atom stereocenters. The van der Waals surface area contributed by atoms with Gasteiger partial charge in [0.2, 0.25) is 0 Å². The van der Waals surface area contributed by atoms with Gasteiger partial charge in [-0.3, -0.25) is 4.79 Å². The van der Waals surface area contributed by atoms with Crippen LogP contribution in [-0.4, -0.2) is 10.9 Å². The molecule has 0 bridgehead atoms. The average Bonchev–Trinajstić information content (AvgIpc) is 2.39. The van der Waals surface area contributed by atoms with Crippen LogP contribution >= 0.6 is 31.9 Å². The Balaban J connectivity index is 2.13. The Kier molecular flexibility index (Phi) is 4.71. The lowest BCUT2D eigenvalue weighted by atomic mass is 10.1. The van der Waals surface area contributed by atoms with Gasteiger partial charge in [-0.05, 0) is 52.7 Å². The summed E-state index contributed by atoms with van der Waals surface area (Å²) in [6.45, 7) is 1.94. The normalized spacial score (nSPS) is 11.9. The van der Waals surface area contributed by atoms with E-state index in [2.05, 4.69) is 42.2 Å². The third-order valence-corrected chi connectivity index (χ3v) is 3.80. The molecule has 1 heterocycles. The van der Waals surface area contributed by atoms with E-state index in [4.69, 9.17) is 0 Å². The minimum atomic E-state index is -0.194. The molecule has 3 nitrogen and oxygen atoms in total. The molecule has 0 saturated heterocycles. The summed E-state index contributed by atoms with van der Waals surface area (Å²) in [5.41, 5.74) is 1.43. The van der Waals surface area contributed by atoms with Crippen molar-refractivity contribution in [1.82, 2.24) is 10.3 Å². The molecule has 0 aliphatic rings. The van der Waals surface area contributed by atoms with E-state index >= 15 is 0 Å². The Hall–Kier alpha value is -1.20. The number of rotatable bonds is 3. The summed E-state index contributed by atoms with van der Waals surface area (Å²) in [5.74, 6) is -0.194. The van der Waals surface area contributed by atoms with Crippen molar-refractivity contribution in [3.63, 3.8) is 0 Å². The number of benzene rings is 1. The van der Waals surface area contributed by atoms with Crippen molar-refractivity contribution < 1.29 is 4.79 Å². The maximum Gasteiger partial charge on any atom is 0.271 e. The molecule has 0 spiro atoms. The second-order valence-corrected chi connectivity index (χ2v) is 5.85. The highest BCUT2D eigenvalue weighted by Crippen LogP contribution is 2.19. The molecule has 0 radical (unpaired) electrons. The molecule has 1 aromatic carbocycles. The Bertz CT molecular complexity index is 602. The van der Waals surface area contributed by atoms with Crippen molar-refractivity contribution in [2.24, 2.45) is 0 Å². The largest absolute Gasteiger partial charge is 0.344 e. The highest BCUT2D eigenvalue weighted by Gasteiger charge is 2.14. The Labute approximate surface area is 128 Å². The van der Waals surface area contributed by atoms with Crippen molar-refractivity contribution in [2.75, 3.05) is 0 Å². The summed E-state index contributed by atoms with van der Waals surface area (Å²) in [7, 11) is 0. The number of nitrogens with zero attached hydrogens (tertiary/aromatic N) is 1. The smallest absolute Gasteiger partial charge is 0.271 e. The van der Waals surface area contributed by atoms with E-state index in [1.807, 2.05) is 31.2 Å². The van der Waals surface area contributed by atoms with E-state index in [9.17, 15) is 4.79 Å². The molecule has 0 aliphatic carbocycles. The van der Waals surface area contributed by atoms with Gasteiger partial charge in [0.25, 0.3) is 5.91 Å². The third kappa shape index (κ3) is 3.64. The van der Waals surface area contributed by atoms with Gasteiger partial charge in [0.1, 0.15) is 5.69 Å². The van der Waals surface area contributed by atoms with Crippen LogP contribution in [-0.2, 0) is 0 Å². The number of nitrogens with one attached hydrogen (secondary N) is 1. The minimum Gasteiger partial charge on any atom is -0.344 e. The van der Waals surface area contributed by atoms with Crippen molar-refractivity contribution in [2.45, 2.75) is 13.0 Å². The fourth-order valence-electron chi connectivity index (χ4n) is 1.68. The molecule has 98 valence electrons. The fourth-order valence-corrected chi connectivity index (χ4v) is 2.53. The molecular formula is C14H12Br2N2O. The summed E-state index contributed by atoms with van der Waals surface area (Å²) in [4.78, 5) is 16.2. The number of halogens is 2. The Morgan fingerprint density at radius 2 is 2.05 bits per heavy atom. The zero-order chi connectivity index (χ0) is 13.8. The summed E-state index contributed by atoms with van der Waals surface area (Å²) in [6, 6.07) is 11.3. The van der Waals surface area contributed by atoms with E-state index in [-0.39, 0.29) is 11.9 Å². The van der Waals surface area contributed by atoms with Gasteiger partial charge in [-0.15, -0.1) is 0 Å². The van der Waals surface area contributed by atoms with E-state index in [1.54, 1.807) is 18.3 Å². The van der Waals surface area contributed by atoms with Crippen molar-refractivity contribution >= 4 is 37.8 Å². The first-order valence-corrected chi connectivity index (χ1v) is 7.33. The van der Waals surface area contributed by atoms with Crippen LogP contribution in [0.25, 0.3) is 0 Å². The fraction of sp³-hybridized carbons (Fsp3) is 0.143. The second-order valence-electron chi connectivity index (χ2n) is 4.08. The lowest BCUT2D eigenvalue weighted by Gasteiger charge is -2.14. The monoisotopic (exact) mass is 382 g/mol. The van der Waals surface area contributed by atoms with Crippen LogP contribution in [0.5, 0.6) is 0 Å². The number of hydrogen-bond acceptors (Lipinski definition) is 2. The summed E-state index contributed by atoms with van der Waals surface area (Å²) in [5, 5.41) is 2.93. The standard InChI is InChI=1S/C14H12Br2N2O/c1-9(10-4-2-5-11(15)8-10)18-14(19)13-12(16)6-3-7-17-13/h2-9H,1H3,(H,18,19). The molecule has 19 heavy (non-hydrogen) atoms. The Morgan fingerprint density at radius 1 is 1.26 bits per heavy atom. The van der Waals surface area contributed by atoms with Gasteiger partial charge in [-0.25, -0.2) is 4.98 Å². The van der Waals surface area contributed by atoms with Crippen LogP contribution in [0.4, 0.5) is 0 Å². The van der Waals surface area contributed by atoms with Gasteiger partial charge >= 0.3 is 0 Å². The van der Waals surface area contributed by atoms with Crippen molar-refractivity contribution in [3.05, 3.63) is 62.8 Å². The highest BCUT2D eigenvalue weighted by molar-refractivity contribution is 9.10. The van der Waals surface area contributed by atoms with Crippen LogP contribution in [0, 0.1) is 0 Å². The molecule has 0 fully saturated rings. The molecule has 2 rings (SSSR count). The van der Waals surface area contributed by atoms with E-state index in [0.717, 1.165) is 10.0 Å². The minimum absolute atomic E-state index is 0.0843. The predicted molar refractivity (Wildman–Crippen MR) is 82.0 cm³/mol. The van der Waals surface area contributed by atoms with E-state index < -0.39 is 0 Å². The topological polar surface area (TPSA) is 42.0 Å². The second kappa shape index (κ2) is 6.30. The first-order chi connectivity index (χ1) is 9.08. The molecule has 1 amide bonds. The number of aromatic nitrogens is 1. The summed E-state index contributed by atoms with van der Waals surface area (Å²) >= 11 is 6.74. The number of carbonyl (C=O) groups excluding carboxylic acids is 1. The van der Waals surface area contributed by atoms with Crippen LogP contribution in [0.3, 0.4) is 0 Å². The zero-order valence-electron chi connectivity index (χ0n) is 10.2. The maximum atomic E-state index is 12.1. The van der Waals surface area contributed by atoms with Crippen LogP contribution < -0.4 is 5.32 Å². The molecule has 2 aromatic rings. The zero-order valence-corrected chi connectivity index (χ0v) is 13.4. The van der Waals surface area contributed by atoms with Crippen LogP contribution in [0.15, 0.2) is 51.5 Å². The maximum absolute atomic E-state index is 12.1. The van der Waals surface area contributed by atoms with Crippen LogP contribution in [0.2, 0.25) is 0 Å². The van der Waals surface area contributed by atoms with Gasteiger partial charge in [-0.1, -0.05) is 28.1 Å². The van der Waals surface area contributed by atoms with Crippen molar-refractivity contribution in [1.29, 1.82) is 0 Å². The molecular weight excluding hydrogens is 372 g/mol. The number of hydrogen-bond donors (Lipinski definition) is 1. The molecule has 1 N–H and O–H groups in total. The number of pyridine rings is 1. The molecule has 0 aliphatic heterocycles. The lowest BCUT2D eigenvalue weighted by Crippen LogP contribution is -2.27. The van der Waals surface area contributed by atoms with E-state index in [1.165, 1.54) is 0 Å². The third-order valence-electron chi connectivity index (χ3n) is 2.67. The predicted octanol–water partition coefficient (Wildman–Crippen LogP) is 4.10. The first-order valence-electron chi connectivity index (χ1n) is 5.75.